The summed E-state index contributed by atoms with van der Waals surface area (Å²) in [5.41, 5.74) is 13.3. The Hall–Kier alpha value is -2.54. The highest BCUT2D eigenvalue weighted by Crippen LogP contribution is 2.49. The van der Waals surface area contributed by atoms with Crippen molar-refractivity contribution < 1.29 is 4.74 Å². The lowest BCUT2D eigenvalue weighted by Crippen LogP contribution is -2.24. The van der Waals surface area contributed by atoms with Crippen molar-refractivity contribution in [3.05, 3.63) is 75.8 Å². The Balaban J connectivity index is 2.58. The number of hydrogen-bond donors (Lipinski definition) is 0. The van der Waals surface area contributed by atoms with Crippen LogP contribution in [-0.2, 0) is 0 Å². The second-order valence-electron chi connectivity index (χ2n) is 15.0. The highest BCUT2D eigenvalue weighted by molar-refractivity contribution is 5.88. The molecule has 1 heteroatoms. The largest absolute Gasteiger partial charge is 0.487 e. The smallest absolute Gasteiger partial charge is 0.135 e. The molecule has 0 aromatic heterocycles. The highest BCUT2D eigenvalue weighted by Gasteiger charge is 2.28. The number of benzene rings is 3. The Morgan fingerprint density at radius 2 is 0.756 bits per heavy atom. The van der Waals surface area contributed by atoms with Crippen LogP contribution >= 0.6 is 0 Å². The summed E-state index contributed by atoms with van der Waals surface area (Å²) in [5, 5.41) is 0. The normalized spacial score (nSPS) is 12.6. The van der Waals surface area contributed by atoms with E-state index in [-0.39, 0.29) is 5.60 Å². The van der Waals surface area contributed by atoms with Gasteiger partial charge in [-0.2, -0.15) is 0 Å². The maximum absolute atomic E-state index is 7.07. The standard InChI is InChI=1S/C40H58O/c1-23(2)29-19-33(25(5)6)37(34(20-29)26(7)8)31-17-16-18-32(39(31)41-40(13,14)15)38-35(27(9)10)21-30(24(3)4)22-36(38)28(11)12/h16-28H,1-15H3. The van der Waals surface area contributed by atoms with Crippen LogP contribution in [0.25, 0.3) is 22.3 Å². The van der Waals surface area contributed by atoms with Gasteiger partial charge in [-0.05, 0) is 101 Å². The summed E-state index contributed by atoms with van der Waals surface area (Å²) in [6, 6.07) is 16.7. The van der Waals surface area contributed by atoms with E-state index >= 15 is 0 Å². The first kappa shape index (κ1) is 33.0. The van der Waals surface area contributed by atoms with Crippen LogP contribution in [0.3, 0.4) is 0 Å². The van der Waals surface area contributed by atoms with Crippen LogP contribution in [0.2, 0.25) is 0 Å². The van der Waals surface area contributed by atoms with E-state index in [2.05, 4.69) is 146 Å². The minimum Gasteiger partial charge on any atom is -0.487 e. The third kappa shape index (κ3) is 7.28. The van der Waals surface area contributed by atoms with Gasteiger partial charge in [0.15, 0.2) is 0 Å². The zero-order chi connectivity index (χ0) is 31.0. The zero-order valence-electron chi connectivity index (χ0n) is 28.9. The third-order valence-corrected chi connectivity index (χ3v) is 8.23. The quantitative estimate of drug-likeness (QED) is 0.255. The first-order chi connectivity index (χ1) is 18.9. The van der Waals surface area contributed by atoms with E-state index in [9.17, 15) is 0 Å². The topological polar surface area (TPSA) is 9.23 Å². The van der Waals surface area contributed by atoms with Crippen molar-refractivity contribution in [1.29, 1.82) is 0 Å². The Morgan fingerprint density at radius 3 is 0.976 bits per heavy atom. The molecule has 0 unspecified atom stereocenters. The van der Waals surface area contributed by atoms with Crippen molar-refractivity contribution in [2.45, 2.75) is 145 Å². The lowest BCUT2D eigenvalue weighted by atomic mass is 9.78. The Bertz CT molecular complexity index is 1190. The van der Waals surface area contributed by atoms with E-state index in [1.54, 1.807) is 0 Å². The molecule has 0 aliphatic rings. The second kappa shape index (κ2) is 12.8. The van der Waals surface area contributed by atoms with Gasteiger partial charge in [-0.25, -0.2) is 0 Å². The summed E-state index contributed by atoms with van der Waals surface area (Å²) in [4.78, 5) is 0. The van der Waals surface area contributed by atoms with Crippen molar-refractivity contribution in [2.24, 2.45) is 0 Å². The number of para-hydroxylation sites is 1. The van der Waals surface area contributed by atoms with Gasteiger partial charge in [0.05, 0.1) is 0 Å². The molecular formula is C40H58O. The molecule has 0 saturated carbocycles. The maximum Gasteiger partial charge on any atom is 0.135 e. The number of ether oxygens (including phenoxy) is 1. The second-order valence-corrected chi connectivity index (χ2v) is 15.0. The maximum atomic E-state index is 7.07. The molecule has 3 rings (SSSR count). The molecular weight excluding hydrogens is 496 g/mol. The van der Waals surface area contributed by atoms with Gasteiger partial charge in [-0.1, -0.05) is 126 Å². The first-order valence-corrected chi connectivity index (χ1v) is 16.1. The van der Waals surface area contributed by atoms with Gasteiger partial charge >= 0.3 is 0 Å². The van der Waals surface area contributed by atoms with E-state index < -0.39 is 0 Å². The van der Waals surface area contributed by atoms with Gasteiger partial charge < -0.3 is 4.74 Å². The lowest BCUT2D eigenvalue weighted by Gasteiger charge is -2.31. The van der Waals surface area contributed by atoms with Crippen LogP contribution in [0, 0.1) is 0 Å². The lowest BCUT2D eigenvalue weighted by molar-refractivity contribution is 0.132. The fourth-order valence-corrected chi connectivity index (χ4v) is 5.88. The van der Waals surface area contributed by atoms with Gasteiger partial charge in [0, 0.05) is 11.1 Å². The monoisotopic (exact) mass is 554 g/mol. The average molecular weight is 555 g/mol. The molecule has 0 aliphatic carbocycles. The Morgan fingerprint density at radius 1 is 0.463 bits per heavy atom. The predicted octanol–water partition coefficient (Wildman–Crippen LogP) is 12.9. The molecule has 0 heterocycles. The molecule has 0 aliphatic heterocycles. The van der Waals surface area contributed by atoms with E-state index in [1.165, 1.54) is 55.6 Å². The van der Waals surface area contributed by atoms with Crippen LogP contribution < -0.4 is 4.74 Å². The summed E-state index contributed by atoms with van der Waals surface area (Å²) in [7, 11) is 0. The molecule has 41 heavy (non-hydrogen) atoms. The van der Waals surface area contributed by atoms with Crippen molar-refractivity contribution in [2.75, 3.05) is 0 Å². The summed E-state index contributed by atoms with van der Waals surface area (Å²) in [6.45, 7) is 34.4. The van der Waals surface area contributed by atoms with E-state index in [0.717, 1.165) is 5.75 Å². The van der Waals surface area contributed by atoms with Gasteiger partial charge in [-0.15, -0.1) is 0 Å². The molecule has 0 spiro atoms. The van der Waals surface area contributed by atoms with Crippen molar-refractivity contribution in [1.82, 2.24) is 0 Å². The Labute approximate surface area is 253 Å². The summed E-state index contributed by atoms with van der Waals surface area (Å²) < 4.78 is 7.07. The molecule has 0 fully saturated rings. The average Bonchev–Trinajstić information content (AvgIpc) is 2.86. The zero-order valence-corrected chi connectivity index (χ0v) is 28.9. The van der Waals surface area contributed by atoms with Crippen LogP contribution in [0.4, 0.5) is 0 Å². The minimum absolute atomic E-state index is 0.341. The first-order valence-electron chi connectivity index (χ1n) is 16.1. The fraction of sp³-hybridized carbons (Fsp3) is 0.550. The number of rotatable bonds is 9. The SMILES string of the molecule is CC(C)c1cc(C(C)C)c(-c2cccc(-c3c(C(C)C)cc(C(C)C)cc3C(C)C)c2OC(C)(C)C)c(C(C)C)c1. The summed E-state index contributed by atoms with van der Waals surface area (Å²) in [6.07, 6.45) is 0. The van der Waals surface area contributed by atoms with Gasteiger partial charge in [0.25, 0.3) is 0 Å². The van der Waals surface area contributed by atoms with E-state index in [0.29, 0.717) is 35.5 Å². The van der Waals surface area contributed by atoms with Gasteiger partial charge in [-0.3, -0.25) is 0 Å². The molecule has 0 atom stereocenters. The van der Waals surface area contributed by atoms with E-state index in [4.69, 9.17) is 4.74 Å². The van der Waals surface area contributed by atoms with Crippen LogP contribution in [0.15, 0.2) is 42.5 Å². The predicted molar refractivity (Wildman–Crippen MR) is 182 cm³/mol. The van der Waals surface area contributed by atoms with Crippen molar-refractivity contribution in [3.8, 4) is 28.0 Å². The van der Waals surface area contributed by atoms with E-state index in [1.807, 2.05) is 0 Å². The Kier molecular flexibility index (Phi) is 10.3. The highest BCUT2D eigenvalue weighted by atomic mass is 16.5. The molecule has 3 aromatic rings. The molecule has 0 saturated heterocycles. The molecule has 0 amide bonds. The molecule has 224 valence electrons. The van der Waals surface area contributed by atoms with Gasteiger partial charge in [0.2, 0.25) is 0 Å². The summed E-state index contributed by atoms with van der Waals surface area (Å²) >= 11 is 0. The van der Waals surface area contributed by atoms with Gasteiger partial charge in [0.1, 0.15) is 11.4 Å². The fourth-order valence-electron chi connectivity index (χ4n) is 5.88. The molecule has 0 bridgehead atoms. The van der Waals surface area contributed by atoms with Crippen molar-refractivity contribution >= 4 is 0 Å². The summed E-state index contributed by atoms with van der Waals surface area (Å²) in [5.74, 6) is 3.58. The molecule has 0 N–H and O–H groups in total. The molecule has 0 radical (unpaired) electrons. The van der Waals surface area contributed by atoms with Crippen LogP contribution in [0.1, 0.15) is 173 Å². The van der Waals surface area contributed by atoms with Crippen LogP contribution in [-0.4, -0.2) is 5.60 Å². The van der Waals surface area contributed by atoms with Crippen LogP contribution in [0.5, 0.6) is 5.75 Å². The molecule has 3 aromatic carbocycles. The molecule has 1 nitrogen and oxygen atoms in total. The minimum atomic E-state index is -0.341. The third-order valence-electron chi connectivity index (χ3n) is 8.23. The van der Waals surface area contributed by atoms with Crippen molar-refractivity contribution in [3.63, 3.8) is 0 Å². The number of hydrogen-bond acceptors (Lipinski definition) is 1.